The molecule has 0 aliphatic rings. The number of halogens is 1. The summed E-state index contributed by atoms with van der Waals surface area (Å²) in [6.45, 7) is 0. The highest BCUT2D eigenvalue weighted by molar-refractivity contribution is 8.00. The molecule has 0 aliphatic heterocycles. The fourth-order valence-corrected chi connectivity index (χ4v) is 3.02. The lowest BCUT2D eigenvalue weighted by atomic mass is 10.2. The highest BCUT2D eigenvalue weighted by Crippen LogP contribution is 2.28. The van der Waals surface area contributed by atoms with Crippen molar-refractivity contribution in [3.05, 3.63) is 40.4 Å². The Morgan fingerprint density at radius 3 is 3.07 bits per heavy atom. The summed E-state index contributed by atoms with van der Waals surface area (Å²) in [6, 6.07) is 5.54. The maximum atomic E-state index is 6.05. The van der Waals surface area contributed by atoms with Gasteiger partial charge in [-0.3, -0.25) is 0 Å². The van der Waals surface area contributed by atoms with E-state index in [0.717, 1.165) is 26.4 Å². The van der Waals surface area contributed by atoms with Crippen molar-refractivity contribution in [3.63, 3.8) is 0 Å². The lowest BCUT2D eigenvalue weighted by molar-refractivity contribution is 1.24. The fourth-order valence-electron chi connectivity index (χ4n) is 1.13. The summed E-state index contributed by atoms with van der Waals surface area (Å²) in [5, 5.41) is 2.72. The van der Waals surface area contributed by atoms with Crippen molar-refractivity contribution >= 4 is 40.4 Å². The minimum Gasteiger partial charge on any atom is -0.399 e. The number of anilines is 1. The van der Waals surface area contributed by atoms with E-state index in [4.69, 9.17) is 17.3 Å². The minimum atomic E-state index is 0.745. The molecule has 15 heavy (non-hydrogen) atoms. The molecule has 0 unspecified atom stereocenters. The normalized spacial score (nSPS) is 10.5. The van der Waals surface area contributed by atoms with Gasteiger partial charge in [-0.15, -0.1) is 11.3 Å². The summed E-state index contributed by atoms with van der Waals surface area (Å²) in [7, 11) is 0. The Morgan fingerprint density at radius 1 is 1.47 bits per heavy atom. The zero-order valence-electron chi connectivity index (χ0n) is 7.81. The first kappa shape index (κ1) is 10.8. The molecule has 0 saturated heterocycles. The third kappa shape index (κ3) is 2.87. The second-order valence-corrected chi connectivity index (χ2v) is 5.46. The Kier molecular flexibility index (Phi) is 3.51. The monoisotopic (exact) mass is 256 g/mol. The van der Waals surface area contributed by atoms with Crippen LogP contribution in [-0.2, 0) is 5.75 Å². The molecule has 2 rings (SSSR count). The first-order valence-electron chi connectivity index (χ1n) is 4.32. The van der Waals surface area contributed by atoms with E-state index in [-0.39, 0.29) is 0 Å². The fraction of sp³-hybridized carbons (Fsp3) is 0.100. The molecule has 2 N–H and O–H groups in total. The molecule has 0 amide bonds. The molecule has 0 saturated carbocycles. The van der Waals surface area contributed by atoms with Crippen LogP contribution in [0.1, 0.15) is 5.56 Å². The van der Waals surface area contributed by atoms with Gasteiger partial charge in [-0.1, -0.05) is 23.4 Å². The predicted octanol–water partition coefficient (Wildman–Crippen LogP) is 3.67. The van der Waals surface area contributed by atoms with Crippen molar-refractivity contribution in [1.29, 1.82) is 0 Å². The summed E-state index contributed by atoms with van der Waals surface area (Å²) in [4.78, 5) is 4.19. The Morgan fingerprint density at radius 2 is 2.33 bits per heavy atom. The Bertz CT molecular complexity index is 443. The molecular weight excluding hydrogens is 248 g/mol. The second-order valence-electron chi connectivity index (χ2n) is 2.94. The Labute approximate surface area is 101 Å². The van der Waals surface area contributed by atoms with Crippen molar-refractivity contribution < 1.29 is 0 Å². The van der Waals surface area contributed by atoms with Crippen LogP contribution >= 0.6 is 34.7 Å². The summed E-state index contributed by atoms with van der Waals surface area (Å²) in [5.74, 6) is 0.803. The van der Waals surface area contributed by atoms with Crippen molar-refractivity contribution in [3.8, 4) is 0 Å². The SMILES string of the molecule is Nc1ccc(Cl)c(CSc2nccs2)c1. The number of thioether (sulfide) groups is 1. The van der Waals surface area contributed by atoms with Gasteiger partial charge in [0, 0.05) is 28.0 Å². The van der Waals surface area contributed by atoms with E-state index in [1.807, 2.05) is 17.5 Å². The number of aromatic nitrogens is 1. The van der Waals surface area contributed by atoms with Crippen LogP contribution in [0.5, 0.6) is 0 Å². The highest BCUT2D eigenvalue weighted by atomic mass is 35.5. The number of nitrogens with zero attached hydrogens (tertiary/aromatic N) is 1. The molecule has 2 aromatic rings. The quantitative estimate of drug-likeness (QED) is 0.673. The molecular formula is C10H9ClN2S2. The molecule has 1 heterocycles. The number of thiazole rings is 1. The molecule has 0 radical (unpaired) electrons. The van der Waals surface area contributed by atoms with Gasteiger partial charge in [0.05, 0.1) is 0 Å². The smallest absolute Gasteiger partial charge is 0.150 e. The zero-order valence-corrected chi connectivity index (χ0v) is 10.2. The maximum Gasteiger partial charge on any atom is 0.150 e. The molecule has 1 aromatic carbocycles. The minimum absolute atomic E-state index is 0.745. The van der Waals surface area contributed by atoms with Crippen LogP contribution in [0.25, 0.3) is 0 Å². The van der Waals surface area contributed by atoms with E-state index < -0.39 is 0 Å². The summed E-state index contributed by atoms with van der Waals surface area (Å²) in [5.41, 5.74) is 7.49. The first-order valence-corrected chi connectivity index (χ1v) is 6.56. The summed E-state index contributed by atoms with van der Waals surface area (Å²) < 4.78 is 1.05. The van der Waals surface area contributed by atoms with E-state index in [1.165, 1.54) is 0 Å². The van der Waals surface area contributed by atoms with Gasteiger partial charge in [0.1, 0.15) is 4.34 Å². The van der Waals surface area contributed by atoms with E-state index in [9.17, 15) is 0 Å². The second kappa shape index (κ2) is 4.88. The largest absolute Gasteiger partial charge is 0.399 e. The molecule has 1 aromatic heterocycles. The molecule has 5 heteroatoms. The van der Waals surface area contributed by atoms with E-state index in [1.54, 1.807) is 35.4 Å². The number of rotatable bonds is 3. The summed E-state index contributed by atoms with van der Waals surface area (Å²) >= 11 is 9.35. The lowest BCUT2D eigenvalue weighted by Gasteiger charge is -2.03. The molecule has 78 valence electrons. The Hall–Kier alpha value is -0.710. The Balaban J connectivity index is 2.07. The number of hydrogen-bond acceptors (Lipinski definition) is 4. The van der Waals surface area contributed by atoms with Crippen LogP contribution in [0, 0.1) is 0 Å². The van der Waals surface area contributed by atoms with Crippen molar-refractivity contribution in [2.75, 3.05) is 5.73 Å². The van der Waals surface area contributed by atoms with Crippen LogP contribution in [0.15, 0.2) is 34.1 Å². The third-order valence-electron chi connectivity index (χ3n) is 1.83. The van der Waals surface area contributed by atoms with E-state index in [0.29, 0.717) is 0 Å². The number of hydrogen-bond donors (Lipinski definition) is 1. The molecule has 2 nitrogen and oxygen atoms in total. The number of benzene rings is 1. The zero-order chi connectivity index (χ0) is 10.7. The first-order chi connectivity index (χ1) is 7.25. The van der Waals surface area contributed by atoms with Gasteiger partial charge in [-0.2, -0.15) is 0 Å². The number of nitrogens with two attached hydrogens (primary N) is 1. The van der Waals surface area contributed by atoms with Gasteiger partial charge in [0.25, 0.3) is 0 Å². The van der Waals surface area contributed by atoms with Crippen LogP contribution < -0.4 is 5.73 Å². The predicted molar refractivity (Wildman–Crippen MR) is 67.5 cm³/mol. The van der Waals surface area contributed by atoms with Crippen LogP contribution in [0.3, 0.4) is 0 Å². The molecule has 0 aliphatic carbocycles. The average Bonchev–Trinajstić information content (AvgIpc) is 2.72. The van der Waals surface area contributed by atoms with Gasteiger partial charge in [-0.25, -0.2) is 4.98 Å². The molecule has 0 fully saturated rings. The van der Waals surface area contributed by atoms with Crippen LogP contribution in [0.4, 0.5) is 5.69 Å². The maximum absolute atomic E-state index is 6.05. The van der Waals surface area contributed by atoms with Gasteiger partial charge in [0.2, 0.25) is 0 Å². The van der Waals surface area contributed by atoms with Gasteiger partial charge in [0.15, 0.2) is 0 Å². The van der Waals surface area contributed by atoms with E-state index in [2.05, 4.69) is 4.98 Å². The number of nitrogen functional groups attached to an aromatic ring is 1. The molecule has 0 atom stereocenters. The third-order valence-corrected chi connectivity index (χ3v) is 4.21. The molecule has 0 spiro atoms. The summed E-state index contributed by atoms with van der Waals surface area (Å²) in [6.07, 6.45) is 1.80. The molecule has 0 bridgehead atoms. The van der Waals surface area contributed by atoms with Gasteiger partial charge < -0.3 is 5.73 Å². The van der Waals surface area contributed by atoms with Crippen molar-refractivity contribution in [1.82, 2.24) is 4.98 Å². The van der Waals surface area contributed by atoms with Crippen LogP contribution in [0.2, 0.25) is 5.02 Å². The highest BCUT2D eigenvalue weighted by Gasteiger charge is 2.03. The van der Waals surface area contributed by atoms with Gasteiger partial charge >= 0.3 is 0 Å². The van der Waals surface area contributed by atoms with Crippen molar-refractivity contribution in [2.45, 2.75) is 10.1 Å². The topological polar surface area (TPSA) is 38.9 Å². The standard InChI is InChI=1S/C10H9ClN2S2/c11-9-2-1-8(12)5-7(9)6-15-10-13-3-4-14-10/h1-5H,6,12H2. The van der Waals surface area contributed by atoms with Crippen molar-refractivity contribution in [2.24, 2.45) is 0 Å². The lowest BCUT2D eigenvalue weighted by Crippen LogP contribution is -1.88. The van der Waals surface area contributed by atoms with E-state index >= 15 is 0 Å². The average molecular weight is 257 g/mol. The van der Waals surface area contributed by atoms with Crippen LogP contribution in [-0.4, -0.2) is 4.98 Å². The van der Waals surface area contributed by atoms with Gasteiger partial charge in [-0.05, 0) is 23.8 Å².